The third kappa shape index (κ3) is 2.99. The van der Waals surface area contributed by atoms with E-state index in [1.165, 1.54) is 0 Å². The van der Waals surface area contributed by atoms with Crippen molar-refractivity contribution in [2.45, 2.75) is 33.3 Å². The molecule has 0 radical (unpaired) electrons. The maximum atomic E-state index is 10.9. The van der Waals surface area contributed by atoms with Crippen LogP contribution in [-0.2, 0) is 5.60 Å². The van der Waals surface area contributed by atoms with Gasteiger partial charge in [-0.25, -0.2) is 0 Å². The lowest BCUT2D eigenvalue weighted by Crippen LogP contribution is -2.23. The molecule has 0 spiro atoms. The highest BCUT2D eigenvalue weighted by Gasteiger charge is 2.27. The molecule has 1 unspecified atom stereocenters. The molecule has 0 aliphatic carbocycles. The summed E-state index contributed by atoms with van der Waals surface area (Å²) in [7, 11) is 0. The summed E-state index contributed by atoms with van der Waals surface area (Å²) in [5.41, 5.74) is 2.78. The minimum atomic E-state index is -1.09. The highest BCUT2D eigenvalue weighted by molar-refractivity contribution is 5.40. The van der Waals surface area contributed by atoms with Gasteiger partial charge in [0.2, 0.25) is 0 Å². The van der Waals surface area contributed by atoms with E-state index >= 15 is 0 Å². The highest BCUT2D eigenvalue weighted by Crippen LogP contribution is 2.31. The van der Waals surface area contributed by atoms with Crippen molar-refractivity contribution in [2.24, 2.45) is 0 Å². The summed E-state index contributed by atoms with van der Waals surface area (Å²) in [6, 6.07) is 7.93. The highest BCUT2D eigenvalue weighted by atomic mass is 16.5. The molecule has 1 aromatic heterocycles. The van der Waals surface area contributed by atoms with Crippen LogP contribution in [0.1, 0.15) is 36.1 Å². The second-order valence-corrected chi connectivity index (χ2v) is 5.29. The Morgan fingerprint density at radius 3 is 2.30 bits per heavy atom. The molecule has 0 amide bonds. The van der Waals surface area contributed by atoms with Crippen LogP contribution >= 0.6 is 0 Å². The Bertz CT molecular complexity index is 585. The Morgan fingerprint density at radius 1 is 1.05 bits per heavy atom. The van der Waals surface area contributed by atoms with Gasteiger partial charge in [-0.3, -0.25) is 4.98 Å². The minimum Gasteiger partial charge on any atom is -0.492 e. The van der Waals surface area contributed by atoms with Crippen LogP contribution in [0.2, 0.25) is 0 Å². The van der Waals surface area contributed by atoms with Crippen LogP contribution in [0, 0.1) is 13.8 Å². The third-order valence-corrected chi connectivity index (χ3v) is 3.37. The van der Waals surface area contributed by atoms with Crippen molar-refractivity contribution in [3.8, 4) is 5.75 Å². The third-order valence-electron chi connectivity index (χ3n) is 3.37. The fourth-order valence-electron chi connectivity index (χ4n) is 2.35. The summed E-state index contributed by atoms with van der Waals surface area (Å²) in [5.74, 6) is 0.676. The molecule has 1 N–H and O–H groups in total. The topological polar surface area (TPSA) is 42.4 Å². The van der Waals surface area contributed by atoms with Gasteiger partial charge in [-0.1, -0.05) is 29.3 Å². The summed E-state index contributed by atoms with van der Waals surface area (Å²) >= 11 is 0. The Kier molecular flexibility index (Phi) is 4.09. The second kappa shape index (κ2) is 5.63. The van der Waals surface area contributed by atoms with Crippen LogP contribution in [0.15, 0.2) is 36.7 Å². The van der Waals surface area contributed by atoms with E-state index in [9.17, 15) is 5.11 Å². The molecule has 2 rings (SSSR count). The molecule has 3 heteroatoms. The van der Waals surface area contributed by atoms with Crippen LogP contribution < -0.4 is 4.74 Å². The summed E-state index contributed by atoms with van der Waals surface area (Å²) in [5, 5.41) is 10.9. The van der Waals surface area contributed by atoms with Crippen LogP contribution in [0.25, 0.3) is 0 Å². The predicted molar refractivity (Wildman–Crippen MR) is 80.0 cm³/mol. The number of aryl methyl sites for hydroxylation is 2. The number of benzene rings is 1. The summed E-state index contributed by atoms with van der Waals surface area (Å²) < 4.78 is 5.45. The van der Waals surface area contributed by atoms with Crippen molar-refractivity contribution < 1.29 is 9.84 Å². The Morgan fingerprint density at radius 2 is 1.70 bits per heavy atom. The molecular weight excluding hydrogens is 250 g/mol. The summed E-state index contributed by atoms with van der Waals surface area (Å²) in [4.78, 5) is 4.15. The van der Waals surface area contributed by atoms with E-state index in [1.807, 2.05) is 39.0 Å². The number of nitrogens with zero attached hydrogens (tertiary/aromatic N) is 1. The monoisotopic (exact) mass is 271 g/mol. The van der Waals surface area contributed by atoms with Gasteiger partial charge < -0.3 is 9.84 Å². The fraction of sp³-hybridized carbons (Fsp3) is 0.353. The zero-order valence-corrected chi connectivity index (χ0v) is 12.5. The van der Waals surface area contributed by atoms with E-state index in [0.29, 0.717) is 12.4 Å². The normalized spacial score (nSPS) is 13.8. The van der Waals surface area contributed by atoms with Crippen molar-refractivity contribution in [3.63, 3.8) is 0 Å². The number of hydrogen-bond acceptors (Lipinski definition) is 3. The lowest BCUT2D eigenvalue weighted by atomic mass is 9.87. The zero-order valence-electron chi connectivity index (χ0n) is 12.5. The van der Waals surface area contributed by atoms with Gasteiger partial charge in [0.05, 0.1) is 12.8 Å². The van der Waals surface area contributed by atoms with Crippen LogP contribution in [0.3, 0.4) is 0 Å². The Labute approximate surface area is 120 Å². The smallest absolute Gasteiger partial charge is 0.137 e. The first-order chi connectivity index (χ1) is 9.43. The molecule has 1 heterocycles. The lowest BCUT2D eigenvalue weighted by molar-refractivity contribution is 0.101. The molecule has 0 saturated heterocycles. The largest absolute Gasteiger partial charge is 0.492 e. The predicted octanol–water partition coefficient (Wildman–Crippen LogP) is 3.35. The quantitative estimate of drug-likeness (QED) is 0.927. The molecule has 0 saturated carbocycles. The molecule has 106 valence electrons. The molecule has 0 aliphatic rings. The summed E-state index contributed by atoms with van der Waals surface area (Å²) in [6.45, 7) is 8.35. The van der Waals surface area contributed by atoms with Gasteiger partial charge in [-0.05, 0) is 39.3 Å². The van der Waals surface area contributed by atoms with E-state index in [1.54, 1.807) is 19.3 Å². The van der Waals surface area contributed by atoms with Crippen molar-refractivity contribution >= 4 is 0 Å². The standard InChI is InChI=1S/C17H21NO2/c1-5-20-16-9-15(10-18-11-16)17(4,19)14-7-12(2)6-13(3)8-14/h6-11,19H,5H2,1-4H3. The van der Waals surface area contributed by atoms with Crippen molar-refractivity contribution in [3.05, 3.63) is 58.9 Å². The molecular formula is C17H21NO2. The van der Waals surface area contributed by atoms with Gasteiger partial charge in [0.1, 0.15) is 11.4 Å². The van der Waals surface area contributed by atoms with E-state index < -0.39 is 5.60 Å². The average Bonchev–Trinajstić information content (AvgIpc) is 2.38. The number of pyridine rings is 1. The van der Waals surface area contributed by atoms with Gasteiger partial charge in [0.25, 0.3) is 0 Å². The number of rotatable bonds is 4. The van der Waals surface area contributed by atoms with E-state index in [-0.39, 0.29) is 0 Å². The lowest BCUT2D eigenvalue weighted by Gasteiger charge is -2.25. The maximum Gasteiger partial charge on any atom is 0.137 e. The van der Waals surface area contributed by atoms with Crippen molar-refractivity contribution in [1.29, 1.82) is 0 Å². The van der Waals surface area contributed by atoms with Crippen molar-refractivity contribution in [1.82, 2.24) is 4.98 Å². The van der Waals surface area contributed by atoms with E-state index in [4.69, 9.17) is 4.74 Å². The molecule has 1 atom stereocenters. The average molecular weight is 271 g/mol. The first-order valence-electron chi connectivity index (χ1n) is 6.83. The fourth-order valence-corrected chi connectivity index (χ4v) is 2.35. The molecule has 0 aliphatic heterocycles. The molecule has 2 aromatic rings. The van der Waals surface area contributed by atoms with Gasteiger partial charge in [0.15, 0.2) is 0 Å². The van der Waals surface area contributed by atoms with Crippen LogP contribution in [0.4, 0.5) is 0 Å². The molecule has 1 aromatic carbocycles. The van der Waals surface area contributed by atoms with Gasteiger partial charge in [0, 0.05) is 11.8 Å². The second-order valence-electron chi connectivity index (χ2n) is 5.29. The molecule has 0 bridgehead atoms. The van der Waals surface area contributed by atoms with Gasteiger partial charge in [-0.2, -0.15) is 0 Å². The first-order valence-corrected chi connectivity index (χ1v) is 6.83. The minimum absolute atomic E-state index is 0.580. The molecule has 0 fully saturated rings. The maximum absolute atomic E-state index is 10.9. The Hall–Kier alpha value is -1.87. The van der Waals surface area contributed by atoms with Gasteiger partial charge in [-0.15, -0.1) is 0 Å². The number of hydrogen-bond donors (Lipinski definition) is 1. The summed E-state index contributed by atoms with van der Waals surface area (Å²) in [6.07, 6.45) is 3.34. The van der Waals surface area contributed by atoms with Crippen LogP contribution in [0.5, 0.6) is 5.75 Å². The number of aromatic nitrogens is 1. The van der Waals surface area contributed by atoms with Crippen LogP contribution in [-0.4, -0.2) is 16.7 Å². The van der Waals surface area contributed by atoms with Crippen molar-refractivity contribution in [2.75, 3.05) is 6.61 Å². The molecule has 20 heavy (non-hydrogen) atoms. The SMILES string of the molecule is CCOc1cncc(C(C)(O)c2cc(C)cc(C)c2)c1. The first kappa shape index (κ1) is 14.5. The zero-order chi connectivity index (χ0) is 14.8. The molecule has 3 nitrogen and oxygen atoms in total. The number of ether oxygens (including phenoxy) is 1. The Balaban J connectivity index is 2.45. The van der Waals surface area contributed by atoms with E-state index in [0.717, 1.165) is 22.3 Å². The van der Waals surface area contributed by atoms with Gasteiger partial charge >= 0.3 is 0 Å². The van der Waals surface area contributed by atoms with E-state index in [2.05, 4.69) is 11.1 Å². The number of aliphatic hydroxyl groups is 1.